The van der Waals surface area contributed by atoms with Gasteiger partial charge in [0, 0.05) is 0 Å². The molecule has 0 fully saturated rings. The maximum Gasteiger partial charge on any atom is 1.00 e. The first-order chi connectivity index (χ1) is 5.92. The Balaban J connectivity index is 0.000000845. The van der Waals surface area contributed by atoms with Crippen LogP contribution in [0.1, 0.15) is 18.9 Å². The Morgan fingerprint density at radius 2 is 2.00 bits per heavy atom. The van der Waals surface area contributed by atoms with Gasteiger partial charge in [0.1, 0.15) is 0 Å². The molecule has 2 aromatic rings. The topological polar surface area (TPSA) is 0 Å². The molecule has 62 valence electrons. The fraction of sp³-hybridized carbons (Fsp3) is 0.250. The van der Waals surface area contributed by atoms with E-state index in [4.69, 9.17) is 0 Å². The van der Waals surface area contributed by atoms with Gasteiger partial charge in [-0.2, -0.15) is 5.56 Å². The van der Waals surface area contributed by atoms with Crippen LogP contribution >= 0.6 is 0 Å². The first-order valence-corrected chi connectivity index (χ1v) is 4.55. The van der Waals surface area contributed by atoms with Crippen molar-refractivity contribution in [1.29, 1.82) is 0 Å². The summed E-state index contributed by atoms with van der Waals surface area (Å²) in [6.07, 6.45) is 2.43. The summed E-state index contributed by atoms with van der Waals surface area (Å²) in [5, 5.41) is 2.81. The zero-order chi connectivity index (χ0) is 8.39. The average molecular weight is 164 g/mol. The summed E-state index contributed by atoms with van der Waals surface area (Å²) in [6.45, 7) is 2.22. The van der Waals surface area contributed by atoms with Crippen molar-refractivity contribution < 1.29 is 18.9 Å². The van der Waals surface area contributed by atoms with Crippen molar-refractivity contribution >= 4 is 10.8 Å². The third kappa shape index (κ3) is 2.02. The monoisotopic (exact) mass is 164 g/mol. The summed E-state index contributed by atoms with van der Waals surface area (Å²) in [5.41, 5.74) is 1.49. The molecule has 0 nitrogen and oxygen atoms in total. The molecule has 2 rings (SSSR count). The van der Waals surface area contributed by atoms with Gasteiger partial charge in [0.2, 0.25) is 0 Å². The second kappa shape index (κ2) is 4.60. The third-order valence-electron chi connectivity index (χ3n) is 2.29. The van der Waals surface area contributed by atoms with Gasteiger partial charge in [0.25, 0.3) is 0 Å². The first-order valence-electron chi connectivity index (χ1n) is 4.55. The fourth-order valence-corrected chi connectivity index (χ4v) is 1.70. The zero-order valence-electron chi connectivity index (χ0n) is 8.38. The minimum atomic E-state index is 0. The Labute approximate surface area is 91.5 Å². The fourth-order valence-electron chi connectivity index (χ4n) is 1.70. The molecule has 0 spiro atoms. The van der Waals surface area contributed by atoms with Crippen LogP contribution in [0.3, 0.4) is 0 Å². The molecule has 0 bridgehead atoms. The molecule has 0 unspecified atom stereocenters. The van der Waals surface area contributed by atoms with Crippen LogP contribution in [0.4, 0.5) is 0 Å². The van der Waals surface area contributed by atoms with Crippen LogP contribution in [0.5, 0.6) is 0 Å². The van der Waals surface area contributed by atoms with Crippen LogP contribution in [0.25, 0.3) is 10.8 Å². The minimum absolute atomic E-state index is 0. The number of rotatable bonds is 2. The van der Waals surface area contributed by atoms with Crippen LogP contribution < -0.4 is 18.9 Å². The maximum absolute atomic E-state index is 2.24. The molecule has 2 aromatic carbocycles. The molecule has 1 heteroatoms. The number of hydrogen-bond donors (Lipinski definition) is 0. The van der Waals surface area contributed by atoms with Crippen molar-refractivity contribution in [3.05, 3.63) is 42.0 Å². The van der Waals surface area contributed by atoms with Gasteiger partial charge in [-0.25, -0.2) is 0 Å². The molecule has 0 heterocycles. The Morgan fingerprint density at radius 3 is 2.77 bits per heavy atom. The maximum atomic E-state index is 2.24. The van der Waals surface area contributed by atoms with Crippen LogP contribution in [0.2, 0.25) is 0 Å². The number of aryl methyl sites for hydroxylation is 1. The average Bonchev–Trinajstić information content (AvgIpc) is 2.50. The van der Waals surface area contributed by atoms with E-state index < -0.39 is 0 Å². The van der Waals surface area contributed by atoms with Crippen LogP contribution in [0, 0.1) is 0 Å². The Morgan fingerprint density at radius 1 is 1.23 bits per heavy atom. The minimum Gasteiger partial charge on any atom is -0.153 e. The van der Waals surface area contributed by atoms with E-state index in [-0.39, 0.29) is 18.9 Å². The molecular formula is C12H13Li. The van der Waals surface area contributed by atoms with E-state index in [1.165, 1.54) is 29.2 Å². The SMILES string of the molecule is CCCc1c[cH-]c2ccccc12.[Li+]. The van der Waals surface area contributed by atoms with Gasteiger partial charge in [0.15, 0.2) is 0 Å². The molecule has 0 aliphatic heterocycles. The van der Waals surface area contributed by atoms with E-state index in [1.807, 2.05) is 0 Å². The van der Waals surface area contributed by atoms with Gasteiger partial charge in [-0.15, -0.1) is 41.1 Å². The van der Waals surface area contributed by atoms with Crippen LogP contribution in [-0.4, -0.2) is 0 Å². The molecule has 0 atom stereocenters. The van der Waals surface area contributed by atoms with Crippen molar-refractivity contribution in [3.8, 4) is 0 Å². The molecule has 0 aliphatic carbocycles. The van der Waals surface area contributed by atoms with E-state index >= 15 is 0 Å². The van der Waals surface area contributed by atoms with E-state index in [0.717, 1.165) is 0 Å². The van der Waals surface area contributed by atoms with Gasteiger partial charge in [-0.1, -0.05) is 25.8 Å². The summed E-state index contributed by atoms with van der Waals surface area (Å²) in [5.74, 6) is 0. The molecule has 0 amide bonds. The molecule has 0 radical (unpaired) electrons. The number of fused-ring (bicyclic) bond motifs is 1. The van der Waals surface area contributed by atoms with Gasteiger partial charge < -0.3 is 0 Å². The van der Waals surface area contributed by atoms with E-state index in [0.29, 0.717) is 0 Å². The van der Waals surface area contributed by atoms with Crippen molar-refractivity contribution in [2.45, 2.75) is 19.8 Å². The molecule has 0 aromatic heterocycles. The summed E-state index contributed by atoms with van der Waals surface area (Å²) in [6, 6.07) is 13.0. The molecule has 0 N–H and O–H groups in total. The summed E-state index contributed by atoms with van der Waals surface area (Å²) >= 11 is 0. The molecule has 0 saturated carbocycles. The predicted molar refractivity (Wildman–Crippen MR) is 53.5 cm³/mol. The third-order valence-corrected chi connectivity index (χ3v) is 2.29. The van der Waals surface area contributed by atoms with Gasteiger partial charge in [-0.3, -0.25) is 0 Å². The Hall–Kier alpha value is -0.573. The molecular weight excluding hydrogens is 151 g/mol. The van der Waals surface area contributed by atoms with E-state index in [2.05, 4.69) is 43.3 Å². The van der Waals surface area contributed by atoms with Crippen LogP contribution in [-0.2, 0) is 6.42 Å². The molecule has 13 heavy (non-hydrogen) atoms. The van der Waals surface area contributed by atoms with Crippen molar-refractivity contribution in [2.75, 3.05) is 0 Å². The standard InChI is InChI=1S/C12H13.Li/c1-2-5-10-8-9-11-6-3-4-7-12(10)11;/h3-4,6-9H,2,5H2,1H3;/q-1;+1. The van der Waals surface area contributed by atoms with E-state index in [1.54, 1.807) is 0 Å². The Bertz CT molecular complexity index is 373. The summed E-state index contributed by atoms with van der Waals surface area (Å²) < 4.78 is 0. The largest absolute Gasteiger partial charge is 1.00 e. The smallest absolute Gasteiger partial charge is 0.153 e. The first kappa shape index (κ1) is 10.5. The van der Waals surface area contributed by atoms with Crippen LogP contribution in [0.15, 0.2) is 36.4 Å². The summed E-state index contributed by atoms with van der Waals surface area (Å²) in [7, 11) is 0. The van der Waals surface area contributed by atoms with Crippen molar-refractivity contribution in [2.24, 2.45) is 0 Å². The normalized spacial score (nSPS) is 9.92. The molecule has 0 aliphatic rings. The summed E-state index contributed by atoms with van der Waals surface area (Å²) in [4.78, 5) is 0. The second-order valence-electron chi connectivity index (χ2n) is 3.20. The van der Waals surface area contributed by atoms with Crippen molar-refractivity contribution in [1.82, 2.24) is 0 Å². The van der Waals surface area contributed by atoms with Gasteiger partial charge >= 0.3 is 18.9 Å². The predicted octanol–water partition coefficient (Wildman–Crippen LogP) is 0.515. The van der Waals surface area contributed by atoms with Gasteiger partial charge in [0.05, 0.1) is 0 Å². The Kier molecular flexibility index (Phi) is 3.72. The van der Waals surface area contributed by atoms with E-state index in [9.17, 15) is 0 Å². The second-order valence-corrected chi connectivity index (χ2v) is 3.20. The molecule has 0 saturated heterocycles. The zero-order valence-corrected chi connectivity index (χ0v) is 8.38. The number of hydrogen-bond acceptors (Lipinski definition) is 0. The van der Waals surface area contributed by atoms with Gasteiger partial charge in [-0.05, 0) is 0 Å². The number of benzene rings is 1. The quantitative estimate of drug-likeness (QED) is 0.448. The van der Waals surface area contributed by atoms with Crippen molar-refractivity contribution in [3.63, 3.8) is 0 Å².